The smallest absolute Gasteiger partial charge is 0.217 e. The minimum absolute atomic E-state index is 0.0602. The Morgan fingerprint density at radius 1 is 1.21 bits per heavy atom. The molecule has 0 spiro atoms. The molecule has 0 aliphatic carbocycles. The fourth-order valence-corrected chi connectivity index (χ4v) is 3.02. The fraction of sp³-hybridized carbons (Fsp3) is 0.562. The lowest BCUT2D eigenvalue weighted by Crippen LogP contribution is -2.27. The molecule has 0 aromatic heterocycles. The summed E-state index contributed by atoms with van der Waals surface area (Å²) in [5.74, 6) is -0.269. The lowest BCUT2D eigenvalue weighted by Gasteiger charge is -2.28. The molecule has 19 heavy (non-hydrogen) atoms. The molecule has 3 nitrogen and oxygen atoms in total. The number of amides is 1. The number of carbonyl (C=O) groups excluding carboxylic acids is 1. The van der Waals surface area contributed by atoms with Crippen molar-refractivity contribution in [1.82, 2.24) is 0 Å². The molecule has 0 saturated heterocycles. The molecular weight excluding hydrogens is 236 g/mol. The maximum absolute atomic E-state index is 11.1. The Labute approximate surface area is 116 Å². The molecule has 0 fully saturated rings. The third-order valence-electron chi connectivity index (χ3n) is 3.53. The van der Waals surface area contributed by atoms with Gasteiger partial charge in [0.25, 0.3) is 0 Å². The van der Waals surface area contributed by atoms with Crippen molar-refractivity contribution in [2.75, 3.05) is 0 Å². The molecule has 106 valence electrons. The standard InChI is InChI=1S/C16H26N2O/c1-10-6-11(2)15(12(3)7-10)13(17)8-16(4,5)9-14(18)19/h6-7,13H,8-9,17H2,1-5H3,(H2,18,19). The summed E-state index contributed by atoms with van der Waals surface area (Å²) in [6, 6.07) is 4.25. The van der Waals surface area contributed by atoms with Crippen LogP contribution in [0.2, 0.25) is 0 Å². The second kappa shape index (κ2) is 5.74. The van der Waals surface area contributed by atoms with Crippen molar-refractivity contribution in [3.63, 3.8) is 0 Å². The minimum Gasteiger partial charge on any atom is -0.370 e. The van der Waals surface area contributed by atoms with Crippen LogP contribution < -0.4 is 11.5 Å². The molecule has 0 aliphatic heterocycles. The summed E-state index contributed by atoms with van der Waals surface area (Å²) in [6.07, 6.45) is 1.12. The van der Waals surface area contributed by atoms with Crippen LogP contribution in [0.25, 0.3) is 0 Å². The van der Waals surface area contributed by atoms with Gasteiger partial charge in [-0.15, -0.1) is 0 Å². The Kier molecular flexibility index (Phi) is 4.75. The van der Waals surface area contributed by atoms with Crippen LogP contribution in [0.5, 0.6) is 0 Å². The van der Waals surface area contributed by atoms with Crippen LogP contribution in [-0.2, 0) is 4.79 Å². The number of hydrogen-bond acceptors (Lipinski definition) is 2. The predicted molar refractivity (Wildman–Crippen MR) is 79.8 cm³/mol. The van der Waals surface area contributed by atoms with Crippen LogP contribution in [0, 0.1) is 26.2 Å². The normalized spacial score (nSPS) is 13.4. The van der Waals surface area contributed by atoms with Gasteiger partial charge in [0.2, 0.25) is 5.91 Å². The zero-order valence-corrected chi connectivity index (χ0v) is 12.7. The highest BCUT2D eigenvalue weighted by Crippen LogP contribution is 2.34. The van der Waals surface area contributed by atoms with Crippen LogP contribution in [0.3, 0.4) is 0 Å². The van der Waals surface area contributed by atoms with Gasteiger partial charge in [-0.05, 0) is 49.3 Å². The molecule has 1 atom stereocenters. The van der Waals surface area contributed by atoms with Gasteiger partial charge >= 0.3 is 0 Å². The first kappa shape index (κ1) is 15.7. The molecule has 0 aliphatic rings. The maximum atomic E-state index is 11.1. The van der Waals surface area contributed by atoms with Crippen molar-refractivity contribution in [2.45, 2.75) is 53.5 Å². The number of hydrogen-bond donors (Lipinski definition) is 2. The van der Waals surface area contributed by atoms with Crippen molar-refractivity contribution < 1.29 is 4.79 Å². The van der Waals surface area contributed by atoms with Crippen LogP contribution in [0.15, 0.2) is 12.1 Å². The van der Waals surface area contributed by atoms with E-state index in [-0.39, 0.29) is 17.4 Å². The van der Waals surface area contributed by atoms with Gasteiger partial charge < -0.3 is 11.5 Å². The summed E-state index contributed by atoms with van der Waals surface area (Å²) in [5.41, 5.74) is 16.4. The van der Waals surface area contributed by atoms with Crippen LogP contribution >= 0.6 is 0 Å². The zero-order chi connectivity index (χ0) is 14.8. The highest BCUT2D eigenvalue weighted by Gasteiger charge is 2.25. The summed E-state index contributed by atoms with van der Waals surface area (Å²) in [5, 5.41) is 0. The van der Waals surface area contributed by atoms with E-state index in [1.807, 2.05) is 13.8 Å². The van der Waals surface area contributed by atoms with Gasteiger partial charge in [-0.25, -0.2) is 0 Å². The molecule has 0 bridgehead atoms. The summed E-state index contributed by atoms with van der Waals surface area (Å²) >= 11 is 0. The summed E-state index contributed by atoms with van der Waals surface area (Å²) in [6.45, 7) is 10.4. The molecule has 1 amide bonds. The number of aryl methyl sites for hydroxylation is 3. The van der Waals surface area contributed by atoms with Crippen LogP contribution in [-0.4, -0.2) is 5.91 Å². The van der Waals surface area contributed by atoms with Crippen molar-refractivity contribution in [3.05, 3.63) is 34.4 Å². The third kappa shape index (κ3) is 4.35. The largest absolute Gasteiger partial charge is 0.370 e. The second-order valence-electron chi connectivity index (χ2n) is 6.43. The van der Waals surface area contributed by atoms with Crippen LogP contribution in [0.4, 0.5) is 0 Å². The Bertz CT molecular complexity index is 455. The highest BCUT2D eigenvalue weighted by molar-refractivity contribution is 5.74. The van der Waals surface area contributed by atoms with Crippen molar-refractivity contribution in [1.29, 1.82) is 0 Å². The molecule has 4 N–H and O–H groups in total. The molecule has 1 rings (SSSR count). The molecule has 0 saturated carbocycles. The molecule has 1 aromatic carbocycles. The molecule has 0 heterocycles. The van der Waals surface area contributed by atoms with Gasteiger partial charge in [-0.1, -0.05) is 31.5 Å². The van der Waals surface area contributed by atoms with Crippen molar-refractivity contribution in [3.8, 4) is 0 Å². The van der Waals surface area contributed by atoms with Crippen LogP contribution in [0.1, 0.15) is 55.0 Å². The highest BCUT2D eigenvalue weighted by atomic mass is 16.1. The number of nitrogens with two attached hydrogens (primary N) is 2. The zero-order valence-electron chi connectivity index (χ0n) is 12.7. The molecular formula is C16H26N2O. The Balaban J connectivity index is 2.95. The molecule has 0 radical (unpaired) electrons. The summed E-state index contributed by atoms with van der Waals surface area (Å²) in [7, 11) is 0. The SMILES string of the molecule is Cc1cc(C)c(C(N)CC(C)(C)CC(N)=O)c(C)c1. The topological polar surface area (TPSA) is 69.1 Å². The predicted octanol–water partition coefficient (Wildman–Crippen LogP) is 2.90. The van der Waals surface area contributed by atoms with Crippen molar-refractivity contribution >= 4 is 5.91 Å². The Morgan fingerprint density at radius 2 is 1.68 bits per heavy atom. The number of primary amides is 1. The van der Waals surface area contributed by atoms with E-state index in [1.165, 1.54) is 22.3 Å². The lowest BCUT2D eigenvalue weighted by molar-refractivity contribution is -0.120. The van der Waals surface area contributed by atoms with E-state index in [2.05, 4.69) is 32.9 Å². The van der Waals surface area contributed by atoms with E-state index in [0.29, 0.717) is 6.42 Å². The van der Waals surface area contributed by atoms with Gasteiger partial charge in [-0.3, -0.25) is 4.79 Å². The number of carbonyl (C=O) groups is 1. The number of benzene rings is 1. The van der Waals surface area contributed by atoms with Gasteiger partial charge in [-0.2, -0.15) is 0 Å². The summed E-state index contributed by atoms with van der Waals surface area (Å²) < 4.78 is 0. The first-order valence-electron chi connectivity index (χ1n) is 6.74. The van der Waals surface area contributed by atoms with E-state index in [4.69, 9.17) is 11.5 Å². The summed E-state index contributed by atoms with van der Waals surface area (Å²) in [4.78, 5) is 11.1. The minimum atomic E-state index is -0.269. The number of rotatable bonds is 5. The molecule has 1 aromatic rings. The van der Waals surface area contributed by atoms with Crippen molar-refractivity contribution in [2.24, 2.45) is 16.9 Å². The average Bonchev–Trinajstić information content (AvgIpc) is 2.10. The first-order chi connectivity index (χ1) is 8.62. The Morgan fingerprint density at radius 3 is 2.11 bits per heavy atom. The molecule has 1 unspecified atom stereocenters. The van der Waals surface area contributed by atoms with E-state index < -0.39 is 0 Å². The quantitative estimate of drug-likeness (QED) is 0.856. The van der Waals surface area contributed by atoms with E-state index in [0.717, 1.165) is 6.42 Å². The van der Waals surface area contributed by atoms with E-state index in [1.54, 1.807) is 0 Å². The van der Waals surface area contributed by atoms with Gasteiger partial charge in [0.05, 0.1) is 0 Å². The Hall–Kier alpha value is -1.35. The second-order valence-corrected chi connectivity index (χ2v) is 6.43. The van der Waals surface area contributed by atoms with Gasteiger partial charge in [0.15, 0.2) is 0 Å². The average molecular weight is 262 g/mol. The maximum Gasteiger partial charge on any atom is 0.217 e. The van der Waals surface area contributed by atoms with E-state index in [9.17, 15) is 4.79 Å². The lowest BCUT2D eigenvalue weighted by atomic mass is 9.79. The van der Waals surface area contributed by atoms with Gasteiger partial charge in [0, 0.05) is 12.5 Å². The molecule has 3 heteroatoms. The monoisotopic (exact) mass is 262 g/mol. The fourth-order valence-electron chi connectivity index (χ4n) is 3.02. The third-order valence-corrected chi connectivity index (χ3v) is 3.53. The van der Waals surface area contributed by atoms with Gasteiger partial charge in [0.1, 0.15) is 0 Å². The first-order valence-corrected chi connectivity index (χ1v) is 6.74. The van der Waals surface area contributed by atoms with E-state index >= 15 is 0 Å².